The van der Waals surface area contributed by atoms with Crippen molar-refractivity contribution in [3.05, 3.63) is 62.6 Å². The van der Waals surface area contributed by atoms with Crippen LogP contribution in [0.15, 0.2) is 51.8 Å². The van der Waals surface area contributed by atoms with Crippen LogP contribution in [0.5, 0.6) is 0 Å². The van der Waals surface area contributed by atoms with Gasteiger partial charge in [-0.3, -0.25) is 10.1 Å². The lowest BCUT2D eigenvalue weighted by Gasteiger charge is -2.26. The van der Waals surface area contributed by atoms with Gasteiger partial charge in [-0.15, -0.1) is 0 Å². The van der Waals surface area contributed by atoms with E-state index in [9.17, 15) is 18.5 Å². The van der Waals surface area contributed by atoms with Gasteiger partial charge in [0.15, 0.2) is 9.84 Å². The van der Waals surface area contributed by atoms with Gasteiger partial charge in [-0.25, -0.2) is 8.42 Å². The molecule has 0 heterocycles. The summed E-state index contributed by atoms with van der Waals surface area (Å²) in [5.74, 6) is 0. The molecule has 0 unspecified atom stereocenters. The van der Waals surface area contributed by atoms with Crippen LogP contribution in [-0.2, 0) is 15.3 Å². The number of nitrogens with zero attached hydrogens (tertiary/aromatic N) is 2. The van der Waals surface area contributed by atoms with Crippen molar-refractivity contribution in [1.82, 2.24) is 0 Å². The first-order chi connectivity index (χ1) is 12.1. The third-order valence-corrected chi connectivity index (χ3v) is 6.48. The number of anilines is 1. The molecule has 6 nitrogen and oxygen atoms in total. The molecule has 8 heteroatoms. The number of hydrogen-bond donors (Lipinski definition) is 0. The van der Waals surface area contributed by atoms with Crippen LogP contribution in [0.4, 0.5) is 11.4 Å². The Balaban J connectivity index is 1.97. The van der Waals surface area contributed by atoms with Gasteiger partial charge in [0.2, 0.25) is 0 Å². The zero-order chi connectivity index (χ0) is 19.1. The molecule has 0 amide bonds. The smallest absolute Gasteiger partial charge is 0.311 e. The lowest BCUT2D eigenvalue weighted by Crippen LogP contribution is -2.30. The molecular weight excluding hydrogens is 420 g/mol. The molecule has 0 saturated heterocycles. The molecule has 0 N–H and O–H groups in total. The summed E-state index contributed by atoms with van der Waals surface area (Å²) in [7, 11) is -1.92. The van der Waals surface area contributed by atoms with E-state index in [1.54, 1.807) is 24.1 Å². The molecule has 1 aliphatic carbocycles. The molecule has 1 saturated carbocycles. The van der Waals surface area contributed by atoms with E-state index in [0.717, 1.165) is 23.6 Å². The van der Waals surface area contributed by atoms with Gasteiger partial charge in [-0.2, -0.15) is 0 Å². The van der Waals surface area contributed by atoms with Crippen LogP contribution >= 0.6 is 15.9 Å². The Hall–Kier alpha value is -1.93. The number of nitro groups is 1. The highest BCUT2D eigenvalue weighted by Gasteiger charge is 2.45. The lowest BCUT2D eigenvalue weighted by atomic mass is 9.95. The molecule has 2 aromatic carbocycles. The summed E-state index contributed by atoms with van der Waals surface area (Å²) in [6, 6.07) is 12.5. The van der Waals surface area contributed by atoms with Crippen LogP contribution < -0.4 is 4.90 Å². The molecular formula is C18H19BrN2O4S. The van der Waals surface area contributed by atoms with Gasteiger partial charge in [0.05, 0.1) is 4.92 Å². The molecule has 0 spiro atoms. The SMILES string of the molecule is CN(CC1(c2ccc(Br)cc2)CC1)c1cccc(S(C)(=O)=O)c1[N+](=O)[O-]. The highest BCUT2D eigenvalue weighted by atomic mass is 79.9. The molecule has 0 atom stereocenters. The Morgan fingerprint density at radius 1 is 1.19 bits per heavy atom. The fourth-order valence-electron chi connectivity index (χ4n) is 3.33. The second kappa shape index (κ2) is 6.66. The van der Waals surface area contributed by atoms with E-state index in [-0.39, 0.29) is 16.0 Å². The van der Waals surface area contributed by atoms with Gasteiger partial charge < -0.3 is 4.90 Å². The highest BCUT2D eigenvalue weighted by molar-refractivity contribution is 9.10. The Kier molecular flexibility index (Phi) is 4.83. The van der Waals surface area contributed by atoms with Gasteiger partial charge in [-0.05, 0) is 42.7 Å². The summed E-state index contributed by atoms with van der Waals surface area (Å²) in [6.07, 6.45) is 2.99. The number of halogens is 1. The maximum absolute atomic E-state index is 12.0. The van der Waals surface area contributed by atoms with Crippen molar-refractivity contribution in [2.24, 2.45) is 0 Å². The van der Waals surface area contributed by atoms with Crippen LogP contribution in [0.25, 0.3) is 0 Å². The zero-order valence-electron chi connectivity index (χ0n) is 14.5. The average Bonchev–Trinajstić information content (AvgIpc) is 3.34. The topological polar surface area (TPSA) is 80.5 Å². The summed E-state index contributed by atoms with van der Waals surface area (Å²) < 4.78 is 24.9. The van der Waals surface area contributed by atoms with Crippen molar-refractivity contribution >= 4 is 37.1 Å². The summed E-state index contributed by atoms with van der Waals surface area (Å²) in [5, 5.41) is 11.6. The van der Waals surface area contributed by atoms with E-state index in [1.807, 2.05) is 12.1 Å². The minimum atomic E-state index is -3.69. The largest absolute Gasteiger partial charge is 0.368 e. The Morgan fingerprint density at radius 2 is 1.81 bits per heavy atom. The number of rotatable bonds is 6. The third kappa shape index (κ3) is 3.61. The van der Waals surface area contributed by atoms with Crippen molar-refractivity contribution < 1.29 is 13.3 Å². The van der Waals surface area contributed by atoms with Gasteiger partial charge >= 0.3 is 5.69 Å². The van der Waals surface area contributed by atoms with Crippen molar-refractivity contribution in [2.75, 3.05) is 24.7 Å². The fraction of sp³-hybridized carbons (Fsp3) is 0.333. The number of hydrogen-bond acceptors (Lipinski definition) is 5. The number of benzene rings is 2. The summed E-state index contributed by atoms with van der Waals surface area (Å²) in [4.78, 5) is 12.5. The predicted octanol–water partition coefficient (Wildman–Crippen LogP) is 3.93. The quantitative estimate of drug-likeness (QED) is 0.503. The Labute approximate surface area is 161 Å². The number of nitro benzene ring substituents is 1. The molecule has 1 fully saturated rings. The molecule has 2 aromatic rings. The Bertz CT molecular complexity index is 954. The molecule has 0 bridgehead atoms. The van der Waals surface area contributed by atoms with Gasteiger partial charge in [0, 0.05) is 29.7 Å². The van der Waals surface area contributed by atoms with Gasteiger partial charge in [-0.1, -0.05) is 34.1 Å². The first kappa shape index (κ1) is 18.8. The molecule has 3 rings (SSSR count). The number of likely N-dealkylation sites (N-methyl/N-ethyl adjacent to an activating group) is 1. The third-order valence-electron chi connectivity index (χ3n) is 4.82. The van der Waals surface area contributed by atoms with Crippen LogP contribution in [0.1, 0.15) is 18.4 Å². The maximum atomic E-state index is 12.0. The van der Waals surface area contributed by atoms with Crippen LogP contribution in [0, 0.1) is 10.1 Å². The molecule has 1 aliphatic rings. The van der Waals surface area contributed by atoms with E-state index in [4.69, 9.17) is 0 Å². The summed E-state index contributed by atoms with van der Waals surface area (Å²) in [6.45, 7) is 0.586. The van der Waals surface area contributed by atoms with E-state index >= 15 is 0 Å². The maximum Gasteiger partial charge on any atom is 0.311 e. The summed E-state index contributed by atoms with van der Waals surface area (Å²) in [5.41, 5.74) is 1.10. The van der Waals surface area contributed by atoms with E-state index in [1.165, 1.54) is 11.6 Å². The van der Waals surface area contributed by atoms with Crippen molar-refractivity contribution in [1.29, 1.82) is 0 Å². The van der Waals surface area contributed by atoms with Crippen LogP contribution in [0.2, 0.25) is 0 Å². The first-order valence-corrected chi connectivity index (χ1v) is 10.8. The van der Waals surface area contributed by atoms with E-state index < -0.39 is 14.8 Å². The zero-order valence-corrected chi connectivity index (χ0v) is 16.9. The van der Waals surface area contributed by atoms with Gasteiger partial charge in [0.25, 0.3) is 0 Å². The lowest BCUT2D eigenvalue weighted by molar-refractivity contribution is -0.387. The van der Waals surface area contributed by atoms with Gasteiger partial charge in [0.1, 0.15) is 10.6 Å². The van der Waals surface area contributed by atoms with Crippen molar-refractivity contribution in [2.45, 2.75) is 23.2 Å². The molecule has 26 heavy (non-hydrogen) atoms. The number of sulfone groups is 1. The fourth-order valence-corrected chi connectivity index (χ4v) is 4.45. The second-order valence-corrected chi connectivity index (χ2v) is 9.70. The number of para-hydroxylation sites is 1. The normalized spacial score (nSPS) is 15.5. The molecule has 0 aromatic heterocycles. The minimum Gasteiger partial charge on any atom is -0.368 e. The second-order valence-electron chi connectivity index (χ2n) is 6.80. The predicted molar refractivity (Wildman–Crippen MR) is 105 cm³/mol. The highest BCUT2D eigenvalue weighted by Crippen LogP contribution is 2.50. The first-order valence-electron chi connectivity index (χ1n) is 8.09. The van der Waals surface area contributed by atoms with Crippen LogP contribution in [-0.4, -0.2) is 33.2 Å². The molecule has 0 aliphatic heterocycles. The minimum absolute atomic E-state index is 0.0512. The van der Waals surface area contributed by atoms with E-state index in [2.05, 4.69) is 28.1 Å². The average molecular weight is 439 g/mol. The van der Waals surface area contributed by atoms with Crippen molar-refractivity contribution in [3.63, 3.8) is 0 Å². The monoisotopic (exact) mass is 438 g/mol. The van der Waals surface area contributed by atoms with Crippen LogP contribution in [0.3, 0.4) is 0 Å². The summed E-state index contributed by atoms with van der Waals surface area (Å²) >= 11 is 3.43. The van der Waals surface area contributed by atoms with Crippen molar-refractivity contribution in [3.8, 4) is 0 Å². The standard InChI is InChI=1S/C18H19BrN2O4S/c1-20(12-18(10-11-18)13-6-8-14(19)9-7-13)15-4-3-5-16(26(2,24)25)17(15)21(22)23/h3-9H,10-12H2,1-2H3. The molecule has 138 valence electrons. The molecule has 0 radical (unpaired) electrons. The van der Waals surface area contributed by atoms with E-state index in [0.29, 0.717) is 12.2 Å². The Morgan fingerprint density at radius 3 is 2.31 bits per heavy atom.